The zero-order valence-corrected chi connectivity index (χ0v) is 15.8. The van der Waals surface area contributed by atoms with E-state index in [-0.39, 0.29) is 17.3 Å². The van der Waals surface area contributed by atoms with Crippen LogP contribution in [0.5, 0.6) is 0 Å². The lowest BCUT2D eigenvalue weighted by Crippen LogP contribution is -2.48. The maximum Gasteiger partial charge on any atom is 0.471 e. The molecule has 3 aromatic rings. The predicted molar refractivity (Wildman–Crippen MR) is 100 cm³/mol. The van der Waals surface area contributed by atoms with Crippen LogP contribution in [0, 0.1) is 0 Å². The molecule has 1 amide bonds. The maximum absolute atomic E-state index is 12.9. The minimum Gasteiger partial charge on any atom is -0.336 e. The Morgan fingerprint density at radius 2 is 1.80 bits per heavy atom. The molecule has 0 spiro atoms. The van der Waals surface area contributed by atoms with Crippen molar-refractivity contribution in [2.24, 2.45) is 0 Å². The summed E-state index contributed by atoms with van der Waals surface area (Å²) in [6, 6.07) is 10.2. The molecule has 0 unspecified atom stereocenters. The van der Waals surface area contributed by atoms with E-state index < -0.39 is 12.1 Å². The van der Waals surface area contributed by atoms with Gasteiger partial charge in [0, 0.05) is 56.2 Å². The number of hydrogen-bond donors (Lipinski definition) is 0. The van der Waals surface area contributed by atoms with Crippen molar-refractivity contribution in [2.75, 3.05) is 26.2 Å². The van der Waals surface area contributed by atoms with Crippen LogP contribution in [0.25, 0.3) is 11.4 Å². The largest absolute Gasteiger partial charge is 0.471 e. The zero-order valence-electron chi connectivity index (χ0n) is 15.8. The van der Waals surface area contributed by atoms with Gasteiger partial charge in [0.2, 0.25) is 5.82 Å². The Balaban J connectivity index is 1.41. The van der Waals surface area contributed by atoms with Gasteiger partial charge in [0.15, 0.2) is 0 Å². The third-order valence-corrected chi connectivity index (χ3v) is 4.85. The van der Waals surface area contributed by atoms with Gasteiger partial charge in [-0.2, -0.15) is 18.2 Å². The number of halogens is 3. The second kappa shape index (κ2) is 8.23. The molecule has 1 aromatic carbocycles. The summed E-state index contributed by atoms with van der Waals surface area (Å²) in [7, 11) is 0. The lowest BCUT2D eigenvalue weighted by molar-refractivity contribution is -0.159. The van der Waals surface area contributed by atoms with Crippen LogP contribution in [0.4, 0.5) is 13.2 Å². The average Bonchev–Trinajstić information content (AvgIpc) is 3.26. The second-order valence-electron chi connectivity index (χ2n) is 6.93. The third kappa shape index (κ3) is 4.48. The van der Waals surface area contributed by atoms with Gasteiger partial charge in [-0.25, -0.2) is 0 Å². The molecule has 1 aliphatic heterocycles. The molecule has 1 aliphatic rings. The maximum atomic E-state index is 12.9. The first-order valence-corrected chi connectivity index (χ1v) is 9.32. The third-order valence-electron chi connectivity index (χ3n) is 4.85. The van der Waals surface area contributed by atoms with E-state index >= 15 is 0 Å². The predicted octanol–water partition coefficient (Wildman–Crippen LogP) is 3.11. The Bertz CT molecular complexity index is 1010. The minimum atomic E-state index is -4.71. The Morgan fingerprint density at radius 3 is 2.47 bits per heavy atom. The SMILES string of the molecule is O=C(c1cccc(-c2noc(C(F)(F)F)n2)c1)N1CCN(Cc2ccncc2)CC1. The van der Waals surface area contributed by atoms with Crippen LogP contribution in [0.15, 0.2) is 53.3 Å². The Hall–Kier alpha value is -3.27. The summed E-state index contributed by atoms with van der Waals surface area (Å²) in [6.07, 6.45) is -1.21. The highest BCUT2D eigenvalue weighted by Gasteiger charge is 2.38. The fraction of sp³-hybridized carbons (Fsp3) is 0.300. The molecule has 1 saturated heterocycles. The topological polar surface area (TPSA) is 75.4 Å². The molecular formula is C20H18F3N5O2. The van der Waals surface area contributed by atoms with Gasteiger partial charge in [-0.1, -0.05) is 17.3 Å². The molecular weight excluding hydrogens is 399 g/mol. The molecule has 156 valence electrons. The van der Waals surface area contributed by atoms with Crippen molar-refractivity contribution in [1.82, 2.24) is 24.9 Å². The standard InChI is InChI=1S/C20H18F3N5O2/c21-20(22,23)19-25-17(26-30-19)15-2-1-3-16(12-15)18(29)28-10-8-27(9-11-28)13-14-4-6-24-7-5-14/h1-7,12H,8-11,13H2. The molecule has 7 nitrogen and oxygen atoms in total. The first-order valence-electron chi connectivity index (χ1n) is 9.32. The van der Waals surface area contributed by atoms with Crippen molar-refractivity contribution in [3.8, 4) is 11.4 Å². The fourth-order valence-corrected chi connectivity index (χ4v) is 3.29. The lowest BCUT2D eigenvalue weighted by atomic mass is 10.1. The molecule has 0 saturated carbocycles. The summed E-state index contributed by atoms with van der Waals surface area (Å²) in [5.74, 6) is -1.81. The van der Waals surface area contributed by atoms with Gasteiger partial charge in [0.25, 0.3) is 5.91 Å². The van der Waals surface area contributed by atoms with Crippen molar-refractivity contribution in [2.45, 2.75) is 12.7 Å². The number of pyridine rings is 1. The Labute approximate surface area is 170 Å². The number of alkyl halides is 3. The highest BCUT2D eigenvalue weighted by atomic mass is 19.4. The molecule has 2 aromatic heterocycles. The molecule has 0 aliphatic carbocycles. The van der Waals surface area contributed by atoms with E-state index in [9.17, 15) is 18.0 Å². The van der Waals surface area contributed by atoms with Gasteiger partial charge in [0.05, 0.1) is 0 Å². The fourth-order valence-electron chi connectivity index (χ4n) is 3.29. The molecule has 4 rings (SSSR count). The van der Waals surface area contributed by atoms with Crippen LogP contribution in [0.2, 0.25) is 0 Å². The van der Waals surface area contributed by atoms with E-state index in [1.54, 1.807) is 29.4 Å². The number of nitrogens with zero attached hydrogens (tertiary/aromatic N) is 5. The van der Waals surface area contributed by atoms with E-state index in [4.69, 9.17) is 0 Å². The quantitative estimate of drug-likeness (QED) is 0.650. The van der Waals surface area contributed by atoms with Crippen molar-refractivity contribution in [3.05, 3.63) is 65.8 Å². The van der Waals surface area contributed by atoms with Crippen LogP contribution in [-0.2, 0) is 12.7 Å². The van der Waals surface area contributed by atoms with Gasteiger partial charge in [-0.05, 0) is 29.8 Å². The number of amides is 1. The molecule has 0 N–H and O–H groups in total. The van der Waals surface area contributed by atoms with Crippen LogP contribution >= 0.6 is 0 Å². The normalized spacial score (nSPS) is 15.4. The summed E-state index contributed by atoms with van der Waals surface area (Å²) in [4.78, 5) is 24.2. The van der Waals surface area contributed by atoms with E-state index in [1.165, 1.54) is 12.1 Å². The summed E-state index contributed by atoms with van der Waals surface area (Å²) < 4.78 is 42.3. The van der Waals surface area contributed by atoms with Crippen LogP contribution in [0.1, 0.15) is 21.8 Å². The zero-order chi connectivity index (χ0) is 21.1. The van der Waals surface area contributed by atoms with Gasteiger partial charge < -0.3 is 9.42 Å². The smallest absolute Gasteiger partial charge is 0.336 e. The lowest BCUT2D eigenvalue weighted by Gasteiger charge is -2.34. The van der Waals surface area contributed by atoms with Crippen molar-refractivity contribution in [1.29, 1.82) is 0 Å². The first-order chi connectivity index (χ1) is 14.4. The second-order valence-corrected chi connectivity index (χ2v) is 6.93. The summed E-state index contributed by atoms with van der Waals surface area (Å²) in [5.41, 5.74) is 1.82. The molecule has 1 fully saturated rings. The number of hydrogen-bond acceptors (Lipinski definition) is 6. The molecule has 30 heavy (non-hydrogen) atoms. The number of carbonyl (C=O) groups is 1. The van der Waals surface area contributed by atoms with Crippen LogP contribution in [-0.4, -0.2) is 57.0 Å². The molecule has 0 bridgehead atoms. The molecule has 0 atom stereocenters. The molecule has 0 radical (unpaired) electrons. The Kier molecular flexibility index (Phi) is 5.49. The number of carbonyl (C=O) groups excluding carboxylic acids is 1. The van der Waals surface area contributed by atoms with Gasteiger partial charge in [-0.3, -0.25) is 14.7 Å². The Morgan fingerprint density at radius 1 is 1.07 bits per heavy atom. The molecule has 10 heteroatoms. The van der Waals surface area contributed by atoms with Crippen LogP contribution < -0.4 is 0 Å². The highest BCUT2D eigenvalue weighted by molar-refractivity contribution is 5.95. The first kappa shape index (κ1) is 20.0. The van der Waals surface area contributed by atoms with Crippen molar-refractivity contribution >= 4 is 5.91 Å². The summed E-state index contributed by atoms with van der Waals surface area (Å²) in [6.45, 7) is 3.38. The van der Waals surface area contributed by atoms with Gasteiger partial charge in [-0.15, -0.1) is 0 Å². The van der Waals surface area contributed by atoms with E-state index in [0.29, 0.717) is 18.7 Å². The van der Waals surface area contributed by atoms with Gasteiger partial charge >= 0.3 is 12.1 Å². The minimum absolute atomic E-state index is 0.181. The average molecular weight is 417 g/mol. The number of benzene rings is 1. The summed E-state index contributed by atoms with van der Waals surface area (Å²) in [5, 5.41) is 3.37. The van der Waals surface area contributed by atoms with E-state index in [0.717, 1.165) is 25.2 Å². The van der Waals surface area contributed by atoms with Gasteiger partial charge in [0.1, 0.15) is 0 Å². The number of rotatable bonds is 4. The highest BCUT2D eigenvalue weighted by Crippen LogP contribution is 2.29. The number of aromatic nitrogens is 3. The van der Waals surface area contributed by atoms with Crippen molar-refractivity contribution < 1.29 is 22.5 Å². The van der Waals surface area contributed by atoms with Crippen LogP contribution in [0.3, 0.4) is 0 Å². The summed E-state index contributed by atoms with van der Waals surface area (Å²) >= 11 is 0. The van der Waals surface area contributed by atoms with E-state index in [1.807, 2.05) is 12.1 Å². The van der Waals surface area contributed by atoms with E-state index in [2.05, 4.69) is 24.5 Å². The van der Waals surface area contributed by atoms with Crippen molar-refractivity contribution in [3.63, 3.8) is 0 Å². The monoisotopic (exact) mass is 417 g/mol. The number of piperazine rings is 1. The molecule has 3 heterocycles.